The molecule has 0 aromatic heterocycles. The summed E-state index contributed by atoms with van der Waals surface area (Å²) in [6.07, 6.45) is 9.12. The topological polar surface area (TPSA) is 9.23 Å². The molecule has 0 N–H and O–H groups in total. The molecule has 2 unspecified atom stereocenters. The maximum atomic E-state index is 5.63. The van der Waals surface area contributed by atoms with Crippen LogP contribution in [0.15, 0.2) is 12.2 Å². The molecule has 1 nitrogen and oxygen atoms in total. The summed E-state index contributed by atoms with van der Waals surface area (Å²) in [5, 5.41) is 0.598. The molecule has 0 amide bonds. The summed E-state index contributed by atoms with van der Waals surface area (Å²) >= 11 is 0. The fraction of sp³-hybridized carbons (Fsp3) is 0.778. The largest absolute Gasteiger partial charge is 0.423 e. The zero-order chi connectivity index (χ0) is 7.73. The van der Waals surface area contributed by atoms with Crippen LogP contribution in [-0.2, 0) is 4.43 Å². The number of rotatable bonds is 3. The third kappa shape index (κ3) is 1.29. The van der Waals surface area contributed by atoms with Gasteiger partial charge in [0.25, 0.3) is 0 Å². The monoisotopic (exact) mass is 168 g/mol. The second-order valence-corrected chi connectivity index (χ2v) is 5.97. The Labute approximate surface area is 70.8 Å². The van der Waals surface area contributed by atoms with Crippen molar-refractivity contribution in [3.8, 4) is 0 Å². The van der Waals surface area contributed by atoms with Gasteiger partial charge in [0.1, 0.15) is 0 Å². The van der Waals surface area contributed by atoms with E-state index in [0.717, 1.165) is 12.5 Å². The first kappa shape index (κ1) is 7.56. The van der Waals surface area contributed by atoms with Gasteiger partial charge in [0.2, 0.25) is 0 Å². The van der Waals surface area contributed by atoms with E-state index < -0.39 is 0 Å². The van der Waals surface area contributed by atoms with Crippen LogP contribution in [0.5, 0.6) is 0 Å². The molecule has 2 heteroatoms. The van der Waals surface area contributed by atoms with Gasteiger partial charge in [0.15, 0.2) is 9.76 Å². The molecule has 11 heavy (non-hydrogen) atoms. The van der Waals surface area contributed by atoms with Gasteiger partial charge >= 0.3 is 0 Å². The smallest absolute Gasteiger partial charge is 0.171 e. The van der Waals surface area contributed by atoms with Gasteiger partial charge in [-0.2, -0.15) is 0 Å². The van der Waals surface area contributed by atoms with Crippen LogP contribution in [0.3, 0.4) is 0 Å². The van der Waals surface area contributed by atoms with Crippen molar-refractivity contribution in [1.29, 1.82) is 0 Å². The lowest BCUT2D eigenvalue weighted by Gasteiger charge is -2.21. The van der Waals surface area contributed by atoms with Gasteiger partial charge in [-0.1, -0.05) is 12.2 Å². The van der Waals surface area contributed by atoms with E-state index in [1.165, 1.54) is 19.3 Å². The first-order valence-electron chi connectivity index (χ1n) is 4.62. The maximum absolute atomic E-state index is 5.63. The van der Waals surface area contributed by atoms with E-state index in [1.54, 1.807) is 0 Å². The first-order valence-corrected chi connectivity index (χ1v) is 5.90. The van der Waals surface area contributed by atoms with Crippen LogP contribution < -0.4 is 0 Å². The van der Waals surface area contributed by atoms with Gasteiger partial charge in [0.05, 0.1) is 0 Å². The second kappa shape index (κ2) is 2.76. The van der Waals surface area contributed by atoms with Gasteiger partial charge in [-0.05, 0) is 32.1 Å². The van der Waals surface area contributed by atoms with Crippen molar-refractivity contribution >= 4 is 9.76 Å². The molecule has 62 valence electrons. The highest BCUT2D eigenvalue weighted by Gasteiger charge is 2.40. The van der Waals surface area contributed by atoms with Gasteiger partial charge in [0, 0.05) is 11.6 Å². The molecule has 0 spiro atoms. The molecule has 0 aliphatic heterocycles. The molecule has 0 saturated heterocycles. The highest BCUT2D eigenvalue weighted by atomic mass is 28.2. The lowest BCUT2D eigenvalue weighted by Crippen LogP contribution is -2.16. The second-order valence-electron chi connectivity index (χ2n) is 3.86. The molecule has 2 bridgehead atoms. The van der Waals surface area contributed by atoms with E-state index in [0.29, 0.717) is 5.04 Å². The lowest BCUT2D eigenvalue weighted by atomic mass is 10.1. The van der Waals surface area contributed by atoms with E-state index >= 15 is 0 Å². The molecule has 2 aliphatic rings. The Morgan fingerprint density at radius 2 is 2.64 bits per heavy atom. The zero-order valence-corrected chi connectivity index (χ0v) is 8.59. The Morgan fingerprint density at radius 3 is 3.09 bits per heavy atom. The fourth-order valence-electron chi connectivity index (χ4n) is 2.34. The molecular weight excluding hydrogens is 152 g/mol. The maximum Gasteiger partial charge on any atom is 0.171 e. The van der Waals surface area contributed by atoms with Gasteiger partial charge in [-0.15, -0.1) is 0 Å². The third-order valence-corrected chi connectivity index (χ3v) is 5.06. The summed E-state index contributed by atoms with van der Waals surface area (Å²) in [5.41, 5.74) is 0. The molecule has 2 aliphatic carbocycles. The summed E-state index contributed by atoms with van der Waals surface area (Å²) in [7, 11) is -0.264. The number of hydrogen-bond acceptors (Lipinski definition) is 1. The third-order valence-electron chi connectivity index (χ3n) is 3.00. The molecule has 1 fully saturated rings. The normalized spacial score (nSPS) is 41.4. The van der Waals surface area contributed by atoms with Crippen molar-refractivity contribution in [2.24, 2.45) is 5.92 Å². The van der Waals surface area contributed by atoms with Gasteiger partial charge < -0.3 is 4.43 Å². The quantitative estimate of drug-likeness (QED) is 0.460. The highest BCUT2D eigenvalue weighted by molar-refractivity contribution is 6.33. The number of hydrogen-bond donors (Lipinski definition) is 0. The van der Waals surface area contributed by atoms with Crippen LogP contribution in [0.2, 0.25) is 5.04 Å². The number of allylic oxidation sites excluding steroid dienone is 2. The van der Waals surface area contributed by atoms with Crippen LogP contribution in [0.25, 0.3) is 0 Å². The van der Waals surface area contributed by atoms with E-state index in [9.17, 15) is 0 Å². The molecule has 0 radical (unpaired) electrons. The Kier molecular flexibility index (Phi) is 1.89. The Hall–Kier alpha value is -0.0831. The minimum atomic E-state index is -0.264. The molecule has 0 heterocycles. The SMILES string of the molecule is CCO[SiH2]C12C=CC(CC1)C2. The Balaban J connectivity index is 1.95. The summed E-state index contributed by atoms with van der Waals surface area (Å²) in [6, 6.07) is 0. The minimum Gasteiger partial charge on any atom is -0.423 e. The Morgan fingerprint density at radius 1 is 1.73 bits per heavy atom. The Bertz CT molecular complexity index is 178. The summed E-state index contributed by atoms with van der Waals surface area (Å²) in [6.45, 7) is 3.03. The van der Waals surface area contributed by atoms with Crippen LogP contribution in [0, 0.1) is 5.92 Å². The van der Waals surface area contributed by atoms with Crippen LogP contribution in [0.4, 0.5) is 0 Å². The molecule has 1 saturated carbocycles. The lowest BCUT2D eigenvalue weighted by molar-refractivity contribution is 0.343. The number of fused-ring (bicyclic) bond motifs is 2. The van der Waals surface area contributed by atoms with Crippen molar-refractivity contribution in [3.05, 3.63) is 12.2 Å². The average Bonchev–Trinajstić information content (AvgIpc) is 2.60. The van der Waals surface area contributed by atoms with Crippen molar-refractivity contribution in [3.63, 3.8) is 0 Å². The predicted octanol–water partition coefficient (Wildman–Crippen LogP) is 1.64. The van der Waals surface area contributed by atoms with Crippen molar-refractivity contribution in [2.45, 2.75) is 31.2 Å². The highest BCUT2D eigenvalue weighted by Crippen LogP contribution is 2.54. The van der Waals surface area contributed by atoms with E-state index in [4.69, 9.17) is 4.43 Å². The van der Waals surface area contributed by atoms with E-state index in [-0.39, 0.29) is 9.76 Å². The summed E-state index contributed by atoms with van der Waals surface area (Å²) in [5.74, 6) is 0.919. The summed E-state index contributed by atoms with van der Waals surface area (Å²) < 4.78 is 5.63. The first-order chi connectivity index (χ1) is 5.35. The van der Waals surface area contributed by atoms with Crippen LogP contribution in [0.1, 0.15) is 26.2 Å². The molecule has 0 aromatic rings. The molecular formula is C9H16OSi. The van der Waals surface area contributed by atoms with Crippen molar-refractivity contribution in [2.75, 3.05) is 6.61 Å². The molecule has 2 rings (SSSR count). The summed E-state index contributed by atoms with van der Waals surface area (Å²) in [4.78, 5) is 0. The van der Waals surface area contributed by atoms with Gasteiger partial charge in [-0.25, -0.2) is 0 Å². The fourth-order valence-corrected chi connectivity index (χ4v) is 4.02. The van der Waals surface area contributed by atoms with Crippen LogP contribution in [-0.4, -0.2) is 16.4 Å². The van der Waals surface area contributed by atoms with Gasteiger partial charge in [-0.3, -0.25) is 0 Å². The standard InChI is InChI=1S/C9H16OSi/c1-2-10-11-9-5-3-8(7-9)4-6-9/h3,5,8H,2,4,6-7,11H2,1H3. The molecule has 0 aromatic carbocycles. The predicted molar refractivity (Wildman–Crippen MR) is 49.3 cm³/mol. The molecule has 2 atom stereocenters. The van der Waals surface area contributed by atoms with Crippen LogP contribution >= 0.6 is 0 Å². The minimum absolute atomic E-state index is 0.264. The zero-order valence-electron chi connectivity index (χ0n) is 7.18. The van der Waals surface area contributed by atoms with Crippen molar-refractivity contribution < 1.29 is 4.43 Å². The van der Waals surface area contributed by atoms with E-state index in [1.807, 2.05) is 0 Å². The average molecular weight is 168 g/mol. The van der Waals surface area contributed by atoms with Crippen molar-refractivity contribution in [1.82, 2.24) is 0 Å². The van der Waals surface area contributed by atoms with E-state index in [2.05, 4.69) is 19.1 Å².